The SMILES string of the molecule is CC1(C)CN(CCC2CCCNC2)CC(C)(C)O1. The van der Waals surface area contributed by atoms with Crippen LogP contribution in [0.4, 0.5) is 0 Å². The van der Waals surface area contributed by atoms with Crippen LogP contribution < -0.4 is 5.32 Å². The molecule has 18 heavy (non-hydrogen) atoms. The third kappa shape index (κ3) is 4.22. The third-order valence-corrected chi connectivity index (χ3v) is 4.01. The molecule has 2 saturated heterocycles. The van der Waals surface area contributed by atoms with Gasteiger partial charge in [0.2, 0.25) is 0 Å². The van der Waals surface area contributed by atoms with Gasteiger partial charge in [0.15, 0.2) is 0 Å². The summed E-state index contributed by atoms with van der Waals surface area (Å²) in [5.74, 6) is 0.882. The van der Waals surface area contributed by atoms with Crippen molar-refractivity contribution in [3.8, 4) is 0 Å². The van der Waals surface area contributed by atoms with E-state index in [0.29, 0.717) is 0 Å². The largest absolute Gasteiger partial charge is 0.367 e. The molecule has 0 aromatic carbocycles. The molecular formula is C15H30N2O. The van der Waals surface area contributed by atoms with E-state index in [1.165, 1.54) is 38.9 Å². The van der Waals surface area contributed by atoms with Gasteiger partial charge in [0.25, 0.3) is 0 Å². The first-order valence-corrected chi connectivity index (χ1v) is 7.50. The fourth-order valence-corrected chi connectivity index (χ4v) is 3.64. The third-order valence-electron chi connectivity index (χ3n) is 4.01. The summed E-state index contributed by atoms with van der Waals surface area (Å²) in [5.41, 5.74) is -0.0148. The van der Waals surface area contributed by atoms with Crippen LogP contribution in [0.5, 0.6) is 0 Å². The molecule has 3 nitrogen and oxygen atoms in total. The molecule has 0 radical (unpaired) electrons. The highest BCUT2D eigenvalue weighted by Crippen LogP contribution is 2.28. The summed E-state index contributed by atoms with van der Waals surface area (Å²) < 4.78 is 6.13. The Morgan fingerprint density at radius 3 is 2.39 bits per heavy atom. The molecule has 2 aliphatic heterocycles. The monoisotopic (exact) mass is 254 g/mol. The predicted octanol–water partition coefficient (Wildman–Crippen LogP) is 2.27. The highest BCUT2D eigenvalue weighted by atomic mass is 16.5. The minimum absolute atomic E-state index is 0.00738. The van der Waals surface area contributed by atoms with Gasteiger partial charge in [-0.1, -0.05) is 0 Å². The Hall–Kier alpha value is -0.120. The average molecular weight is 254 g/mol. The highest BCUT2D eigenvalue weighted by Gasteiger charge is 2.37. The van der Waals surface area contributed by atoms with Gasteiger partial charge in [-0.2, -0.15) is 0 Å². The molecule has 2 rings (SSSR count). The van der Waals surface area contributed by atoms with Gasteiger partial charge < -0.3 is 10.1 Å². The maximum absolute atomic E-state index is 6.13. The minimum atomic E-state index is -0.00738. The predicted molar refractivity (Wildman–Crippen MR) is 75.9 cm³/mol. The Labute approximate surface area is 112 Å². The first-order chi connectivity index (χ1) is 8.36. The van der Waals surface area contributed by atoms with Crippen molar-refractivity contribution >= 4 is 0 Å². The maximum atomic E-state index is 6.13. The van der Waals surface area contributed by atoms with Crippen LogP contribution in [0.2, 0.25) is 0 Å². The summed E-state index contributed by atoms with van der Waals surface area (Å²) in [4.78, 5) is 2.60. The van der Waals surface area contributed by atoms with Crippen LogP contribution in [0.15, 0.2) is 0 Å². The molecule has 0 aromatic rings. The fourth-order valence-electron chi connectivity index (χ4n) is 3.64. The summed E-state index contributed by atoms with van der Waals surface area (Å²) in [5, 5.41) is 3.51. The van der Waals surface area contributed by atoms with E-state index in [1.54, 1.807) is 0 Å². The van der Waals surface area contributed by atoms with Crippen molar-refractivity contribution in [1.29, 1.82) is 0 Å². The van der Waals surface area contributed by atoms with Crippen LogP contribution in [0.25, 0.3) is 0 Å². The van der Waals surface area contributed by atoms with Gasteiger partial charge in [0.05, 0.1) is 11.2 Å². The van der Waals surface area contributed by atoms with Crippen molar-refractivity contribution in [1.82, 2.24) is 10.2 Å². The van der Waals surface area contributed by atoms with Crippen molar-refractivity contribution in [3.63, 3.8) is 0 Å². The second-order valence-electron chi connectivity index (χ2n) is 7.33. The average Bonchev–Trinajstić information content (AvgIpc) is 2.24. The molecule has 0 amide bonds. The van der Waals surface area contributed by atoms with E-state index in [2.05, 4.69) is 37.9 Å². The summed E-state index contributed by atoms with van der Waals surface area (Å²) in [6, 6.07) is 0. The van der Waals surface area contributed by atoms with Crippen LogP contribution in [0.1, 0.15) is 47.0 Å². The molecule has 0 saturated carbocycles. The maximum Gasteiger partial charge on any atom is 0.0760 e. The lowest BCUT2D eigenvalue weighted by atomic mass is 9.94. The van der Waals surface area contributed by atoms with Crippen LogP contribution in [0, 0.1) is 5.92 Å². The summed E-state index contributed by atoms with van der Waals surface area (Å²) in [6.07, 6.45) is 4.09. The van der Waals surface area contributed by atoms with Crippen molar-refractivity contribution in [3.05, 3.63) is 0 Å². The molecular weight excluding hydrogens is 224 g/mol. The van der Waals surface area contributed by atoms with Crippen LogP contribution in [0.3, 0.4) is 0 Å². The molecule has 1 atom stereocenters. The topological polar surface area (TPSA) is 24.5 Å². The van der Waals surface area contributed by atoms with Crippen molar-refractivity contribution in [2.45, 2.75) is 58.2 Å². The van der Waals surface area contributed by atoms with Gasteiger partial charge in [0.1, 0.15) is 0 Å². The van der Waals surface area contributed by atoms with Crippen molar-refractivity contribution in [2.24, 2.45) is 5.92 Å². The van der Waals surface area contributed by atoms with Crippen LogP contribution in [-0.2, 0) is 4.74 Å². The zero-order valence-corrected chi connectivity index (χ0v) is 12.6. The quantitative estimate of drug-likeness (QED) is 0.836. The molecule has 3 heteroatoms. The lowest BCUT2D eigenvalue weighted by Gasteiger charge is -2.47. The molecule has 1 unspecified atom stereocenters. The van der Waals surface area contributed by atoms with Crippen molar-refractivity contribution in [2.75, 3.05) is 32.7 Å². The standard InChI is InChI=1S/C15H30N2O/c1-14(2)11-17(12-15(3,4)18-14)9-7-13-6-5-8-16-10-13/h13,16H,5-12H2,1-4H3. The number of morpholine rings is 1. The van der Waals surface area contributed by atoms with E-state index >= 15 is 0 Å². The van der Waals surface area contributed by atoms with E-state index in [1.807, 2.05) is 0 Å². The first-order valence-electron chi connectivity index (χ1n) is 7.50. The number of rotatable bonds is 3. The van der Waals surface area contributed by atoms with Gasteiger partial charge in [-0.05, 0) is 72.5 Å². The molecule has 0 aliphatic carbocycles. The number of nitrogens with zero attached hydrogens (tertiary/aromatic N) is 1. The number of hydrogen-bond donors (Lipinski definition) is 1. The Bertz CT molecular complexity index is 254. The molecule has 1 N–H and O–H groups in total. The molecule has 0 spiro atoms. The Morgan fingerprint density at radius 1 is 1.17 bits per heavy atom. The fraction of sp³-hybridized carbons (Fsp3) is 1.00. The van der Waals surface area contributed by atoms with Crippen LogP contribution in [-0.4, -0.2) is 48.8 Å². The molecule has 0 bridgehead atoms. The van der Waals surface area contributed by atoms with Crippen LogP contribution >= 0.6 is 0 Å². The lowest BCUT2D eigenvalue weighted by Crippen LogP contribution is -2.57. The molecule has 2 aliphatic rings. The zero-order valence-electron chi connectivity index (χ0n) is 12.6. The smallest absolute Gasteiger partial charge is 0.0760 e. The lowest BCUT2D eigenvalue weighted by molar-refractivity contribution is -0.180. The Morgan fingerprint density at radius 2 is 1.83 bits per heavy atom. The van der Waals surface area contributed by atoms with E-state index < -0.39 is 0 Å². The normalized spacial score (nSPS) is 32.3. The van der Waals surface area contributed by atoms with Gasteiger partial charge in [0, 0.05) is 13.1 Å². The molecule has 2 heterocycles. The number of hydrogen-bond acceptors (Lipinski definition) is 3. The molecule has 2 fully saturated rings. The van der Waals surface area contributed by atoms with Gasteiger partial charge in [-0.3, -0.25) is 4.90 Å². The van der Waals surface area contributed by atoms with E-state index in [-0.39, 0.29) is 11.2 Å². The van der Waals surface area contributed by atoms with E-state index in [4.69, 9.17) is 4.74 Å². The number of piperidine rings is 1. The molecule has 106 valence electrons. The summed E-state index contributed by atoms with van der Waals surface area (Å²) in [6.45, 7) is 14.6. The summed E-state index contributed by atoms with van der Waals surface area (Å²) >= 11 is 0. The first kappa shape index (κ1) is 14.3. The number of ether oxygens (including phenoxy) is 1. The van der Waals surface area contributed by atoms with E-state index in [0.717, 1.165) is 19.0 Å². The van der Waals surface area contributed by atoms with E-state index in [9.17, 15) is 0 Å². The second kappa shape index (κ2) is 5.48. The van der Waals surface area contributed by atoms with Gasteiger partial charge in [-0.25, -0.2) is 0 Å². The Kier molecular flexibility index (Phi) is 4.35. The Balaban J connectivity index is 1.81. The number of nitrogens with one attached hydrogen (secondary N) is 1. The highest BCUT2D eigenvalue weighted by molar-refractivity contribution is 4.89. The molecule has 0 aromatic heterocycles. The van der Waals surface area contributed by atoms with Gasteiger partial charge in [-0.15, -0.1) is 0 Å². The summed E-state index contributed by atoms with van der Waals surface area (Å²) in [7, 11) is 0. The minimum Gasteiger partial charge on any atom is -0.367 e. The second-order valence-corrected chi connectivity index (χ2v) is 7.33. The zero-order chi connectivity index (χ0) is 13.2. The van der Waals surface area contributed by atoms with Gasteiger partial charge >= 0.3 is 0 Å². The van der Waals surface area contributed by atoms with Crippen molar-refractivity contribution < 1.29 is 4.74 Å².